The molecule has 1 N–H and O–H groups in total. The lowest BCUT2D eigenvalue weighted by molar-refractivity contribution is 0.791. The highest BCUT2D eigenvalue weighted by atomic mass is 32.2. The topological polar surface area (TPSA) is 24.4 Å². The monoisotopic (exact) mass is 334 g/mol. The molecule has 0 bridgehead atoms. The number of hydrazone groups is 1. The van der Waals surface area contributed by atoms with E-state index in [0.29, 0.717) is 11.2 Å². The smallest absolute Gasteiger partial charge is 0.0975 e. The van der Waals surface area contributed by atoms with Crippen LogP contribution in [0, 0.1) is 12.8 Å². The number of thiophene rings is 1. The summed E-state index contributed by atoms with van der Waals surface area (Å²) in [5, 5.41) is 8.60. The van der Waals surface area contributed by atoms with E-state index >= 15 is 0 Å². The first-order chi connectivity index (χ1) is 10.2. The zero-order valence-electron chi connectivity index (χ0n) is 12.1. The van der Waals surface area contributed by atoms with Crippen molar-refractivity contribution in [1.29, 1.82) is 0 Å². The van der Waals surface area contributed by atoms with Gasteiger partial charge in [-0.1, -0.05) is 25.1 Å². The Bertz CT molecular complexity index is 621. The predicted molar refractivity (Wildman–Crippen MR) is 97.8 cm³/mol. The highest BCUT2D eigenvalue weighted by Gasteiger charge is 2.31. The van der Waals surface area contributed by atoms with Crippen LogP contribution in [-0.2, 0) is 0 Å². The Hall–Kier alpha value is -0.910. The average Bonchev–Trinajstić information content (AvgIpc) is 3.06. The van der Waals surface area contributed by atoms with Crippen LogP contribution in [0.15, 0.2) is 51.1 Å². The summed E-state index contributed by atoms with van der Waals surface area (Å²) in [4.78, 5) is 0. The fourth-order valence-corrected chi connectivity index (χ4v) is 6.12. The van der Waals surface area contributed by atoms with E-state index in [4.69, 9.17) is 0 Å². The van der Waals surface area contributed by atoms with Crippen LogP contribution in [0.2, 0.25) is 0 Å². The van der Waals surface area contributed by atoms with Gasteiger partial charge < -0.3 is 0 Å². The van der Waals surface area contributed by atoms with Gasteiger partial charge in [0, 0.05) is 16.9 Å². The van der Waals surface area contributed by atoms with Crippen LogP contribution >= 0.6 is 34.9 Å². The molecule has 1 fully saturated rings. The van der Waals surface area contributed by atoms with E-state index in [1.807, 2.05) is 65.2 Å². The highest BCUT2D eigenvalue weighted by molar-refractivity contribution is 8.15. The maximum atomic E-state index is 4.60. The Morgan fingerprint density at radius 2 is 2.05 bits per heavy atom. The molecule has 2 unspecified atom stereocenters. The first-order valence-electron chi connectivity index (χ1n) is 6.96. The quantitative estimate of drug-likeness (QED) is 0.765. The Balaban J connectivity index is 1.63. The minimum absolute atomic E-state index is 0.498. The SMILES string of the molecule is Cc1ccsc1SC1CS/C(=N\Nc2ccccc2)C1C. The van der Waals surface area contributed by atoms with Gasteiger partial charge in [-0.05, 0) is 36.1 Å². The Labute approximate surface area is 138 Å². The fraction of sp³-hybridized carbons (Fsp3) is 0.312. The average molecular weight is 335 g/mol. The molecule has 2 atom stereocenters. The van der Waals surface area contributed by atoms with Gasteiger partial charge in [-0.25, -0.2) is 0 Å². The van der Waals surface area contributed by atoms with Gasteiger partial charge >= 0.3 is 0 Å². The number of para-hydroxylation sites is 1. The predicted octanol–water partition coefficient (Wildman–Crippen LogP) is 5.33. The number of anilines is 1. The molecule has 0 radical (unpaired) electrons. The van der Waals surface area contributed by atoms with Crippen LogP contribution in [-0.4, -0.2) is 16.0 Å². The van der Waals surface area contributed by atoms with Crippen LogP contribution < -0.4 is 5.43 Å². The number of hydrogen-bond acceptors (Lipinski definition) is 5. The van der Waals surface area contributed by atoms with Gasteiger partial charge in [0.15, 0.2) is 0 Å². The van der Waals surface area contributed by atoms with E-state index in [2.05, 4.69) is 35.8 Å². The van der Waals surface area contributed by atoms with Crippen molar-refractivity contribution >= 4 is 45.6 Å². The minimum atomic E-state index is 0.498. The second-order valence-electron chi connectivity index (χ2n) is 5.07. The Morgan fingerprint density at radius 1 is 1.24 bits per heavy atom. The maximum Gasteiger partial charge on any atom is 0.0975 e. The summed E-state index contributed by atoms with van der Waals surface area (Å²) in [6.07, 6.45) is 0. The third kappa shape index (κ3) is 3.65. The molecule has 1 aromatic carbocycles. The zero-order valence-corrected chi connectivity index (χ0v) is 14.5. The molecule has 3 rings (SSSR count). The van der Waals surface area contributed by atoms with Gasteiger partial charge in [0.1, 0.15) is 0 Å². The molecule has 2 heterocycles. The molecular formula is C16H18N2S3. The fourth-order valence-electron chi connectivity index (χ4n) is 2.12. The van der Waals surface area contributed by atoms with E-state index in [-0.39, 0.29) is 0 Å². The van der Waals surface area contributed by atoms with E-state index in [1.165, 1.54) is 14.8 Å². The number of thioether (sulfide) groups is 2. The molecule has 5 heteroatoms. The summed E-state index contributed by atoms with van der Waals surface area (Å²) in [7, 11) is 0. The van der Waals surface area contributed by atoms with Crippen molar-refractivity contribution in [2.24, 2.45) is 11.0 Å². The largest absolute Gasteiger partial charge is 0.278 e. The molecule has 2 nitrogen and oxygen atoms in total. The molecule has 0 saturated carbocycles. The van der Waals surface area contributed by atoms with Crippen LogP contribution in [0.25, 0.3) is 0 Å². The lowest BCUT2D eigenvalue weighted by Gasteiger charge is -2.13. The lowest BCUT2D eigenvalue weighted by atomic mass is 10.1. The van der Waals surface area contributed by atoms with Crippen LogP contribution in [0.3, 0.4) is 0 Å². The number of hydrogen-bond donors (Lipinski definition) is 1. The summed E-state index contributed by atoms with van der Waals surface area (Å²) in [5.74, 6) is 1.64. The number of nitrogens with zero attached hydrogens (tertiary/aromatic N) is 1. The van der Waals surface area contributed by atoms with E-state index in [0.717, 1.165) is 11.4 Å². The van der Waals surface area contributed by atoms with Gasteiger partial charge in [-0.3, -0.25) is 5.43 Å². The Morgan fingerprint density at radius 3 is 2.76 bits per heavy atom. The van der Waals surface area contributed by atoms with Crippen molar-refractivity contribution in [1.82, 2.24) is 0 Å². The molecule has 0 aliphatic carbocycles. The second kappa shape index (κ2) is 6.90. The third-order valence-corrected chi connectivity index (χ3v) is 7.78. The number of rotatable bonds is 4. The minimum Gasteiger partial charge on any atom is -0.278 e. The number of benzene rings is 1. The summed E-state index contributed by atoms with van der Waals surface area (Å²) in [6, 6.07) is 12.3. The summed E-state index contributed by atoms with van der Waals surface area (Å²) >= 11 is 5.73. The number of aryl methyl sites for hydroxylation is 1. The molecule has 1 saturated heterocycles. The molecule has 0 amide bonds. The molecule has 21 heavy (non-hydrogen) atoms. The first kappa shape index (κ1) is 15.0. The highest BCUT2D eigenvalue weighted by Crippen LogP contribution is 2.41. The molecule has 110 valence electrons. The molecule has 2 aromatic rings. The first-order valence-corrected chi connectivity index (χ1v) is 9.70. The molecular weight excluding hydrogens is 316 g/mol. The van der Waals surface area contributed by atoms with Gasteiger partial charge in [0.25, 0.3) is 0 Å². The maximum absolute atomic E-state index is 4.60. The van der Waals surface area contributed by atoms with Crippen LogP contribution in [0.5, 0.6) is 0 Å². The van der Waals surface area contributed by atoms with Gasteiger partial charge in [0.05, 0.1) is 14.9 Å². The van der Waals surface area contributed by atoms with Gasteiger partial charge in [0.2, 0.25) is 0 Å². The number of nitrogens with one attached hydrogen (secondary N) is 1. The van der Waals surface area contributed by atoms with E-state index in [1.54, 1.807) is 0 Å². The summed E-state index contributed by atoms with van der Waals surface area (Å²) in [6.45, 7) is 4.48. The van der Waals surface area contributed by atoms with Crippen molar-refractivity contribution in [3.05, 3.63) is 47.3 Å². The standard InChI is InChI=1S/C16H18N2S3/c1-11-8-9-19-16(11)21-14-10-20-15(12(14)2)18-17-13-6-4-3-5-7-13/h3-9,12,14,17H,10H2,1-2H3/b18-15-. The van der Waals surface area contributed by atoms with Gasteiger partial charge in [-0.15, -0.1) is 34.9 Å². The van der Waals surface area contributed by atoms with Crippen molar-refractivity contribution in [3.63, 3.8) is 0 Å². The van der Waals surface area contributed by atoms with Crippen molar-refractivity contribution in [2.45, 2.75) is 23.3 Å². The molecule has 0 spiro atoms. The second-order valence-corrected chi connectivity index (χ2v) is 8.54. The van der Waals surface area contributed by atoms with Crippen LogP contribution in [0.1, 0.15) is 12.5 Å². The Kier molecular flexibility index (Phi) is 4.93. The summed E-state index contributed by atoms with van der Waals surface area (Å²) < 4.78 is 1.45. The van der Waals surface area contributed by atoms with E-state index in [9.17, 15) is 0 Å². The van der Waals surface area contributed by atoms with Crippen molar-refractivity contribution < 1.29 is 0 Å². The molecule has 1 aromatic heterocycles. The van der Waals surface area contributed by atoms with Crippen molar-refractivity contribution in [3.8, 4) is 0 Å². The van der Waals surface area contributed by atoms with Gasteiger partial charge in [-0.2, -0.15) is 5.10 Å². The van der Waals surface area contributed by atoms with Crippen LogP contribution in [0.4, 0.5) is 5.69 Å². The van der Waals surface area contributed by atoms with Crippen molar-refractivity contribution in [2.75, 3.05) is 11.2 Å². The molecule has 1 aliphatic rings. The third-order valence-electron chi connectivity index (χ3n) is 3.49. The normalized spacial score (nSPS) is 23.6. The molecule has 1 aliphatic heterocycles. The summed E-state index contributed by atoms with van der Waals surface area (Å²) in [5.41, 5.74) is 5.61. The zero-order chi connectivity index (χ0) is 14.7. The lowest BCUT2D eigenvalue weighted by Crippen LogP contribution is -2.14. The van der Waals surface area contributed by atoms with E-state index < -0.39 is 0 Å².